The fraction of sp³-hybridized carbons (Fsp3) is 0.500. The molecular weight excluding hydrogens is 1020 g/mol. The summed E-state index contributed by atoms with van der Waals surface area (Å²) in [6, 6.07) is 23.2. The number of fused-ring (bicyclic) bond motifs is 2. The normalized spacial score (nSPS) is 25.0. The first kappa shape index (κ1) is 59.1. The topological polar surface area (TPSA) is 200 Å². The molecule has 2 fully saturated rings. The molecule has 6 amide bonds. The van der Waals surface area contributed by atoms with Crippen LogP contribution in [0.5, 0.6) is 11.5 Å². The molecular formula is C60H78ClFN8O8. The number of amides is 6. The highest BCUT2D eigenvalue weighted by atomic mass is 35.5. The van der Waals surface area contributed by atoms with E-state index >= 15 is 0 Å². The second-order valence-electron chi connectivity index (χ2n) is 21.3. The van der Waals surface area contributed by atoms with Crippen LogP contribution in [0.2, 0.25) is 5.02 Å². The van der Waals surface area contributed by atoms with Crippen molar-refractivity contribution in [2.75, 3.05) is 46.9 Å². The van der Waals surface area contributed by atoms with Gasteiger partial charge in [-0.3, -0.25) is 28.8 Å². The highest BCUT2D eigenvalue weighted by Gasteiger charge is 2.41. The Morgan fingerprint density at radius 2 is 1.10 bits per heavy atom. The average Bonchev–Trinajstić information content (AvgIpc) is 4.40. The molecule has 0 bridgehead atoms. The van der Waals surface area contributed by atoms with Gasteiger partial charge >= 0.3 is 0 Å². The molecule has 4 aromatic carbocycles. The van der Waals surface area contributed by atoms with Crippen molar-refractivity contribution in [3.05, 3.63) is 130 Å². The van der Waals surface area contributed by atoms with Crippen LogP contribution in [0.3, 0.4) is 0 Å². The molecule has 78 heavy (non-hydrogen) atoms. The van der Waals surface area contributed by atoms with Crippen LogP contribution in [0, 0.1) is 24.6 Å². The van der Waals surface area contributed by atoms with Gasteiger partial charge in [0.25, 0.3) is 0 Å². The Kier molecular flexibility index (Phi) is 21.5. The third-order valence-corrected chi connectivity index (χ3v) is 15.3. The molecule has 7 atom stereocenters. The molecule has 2 aliphatic heterocycles. The van der Waals surface area contributed by atoms with Crippen molar-refractivity contribution in [2.24, 2.45) is 11.8 Å². The summed E-state index contributed by atoms with van der Waals surface area (Å²) < 4.78 is 25.7. The third kappa shape index (κ3) is 17.2. The Morgan fingerprint density at radius 3 is 1.64 bits per heavy atom. The third-order valence-electron chi connectivity index (χ3n) is 15.0. The van der Waals surface area contributed by atoms with Crippen molar-refractivity contribution in [3.63, 3.8) is 0 Å². The fourth-order valence-electron chi connectivity index (χ4n) is 9.61. The number of carbonyl (C=O) groups is 6. The molecule has 16 nitrogen and oxygen atoms in total. The first-order valence-corrected chi connectivity index (χ1v) is 28.0. The number of halogens is 2. The first-order valence-electron chi connectivity index (χ1n) is 27.6. The minimum absolute atomic E-state index is 0.117. The number of likely N-dealkylation sites (N-methyl/N-ethyl adjacent to an activating group) is 2. The molecule has 0 saturated heterocycles. The molecule has 0 spiro atoms. The molecule has 2 heterocycles. The lowest BCUT2D eigenvalue weighted by Crippen LogP contribution is -2.57. The van der Waals surface area contributed by atoms with Gasteiger partial charge in [-0.05, 0) is 143 Å². The number of ether oxygens (including phenoxy) is 2. The van der Waals surface area contributed by atoms with E-state index in [1.54, 1.807) is 52.2 Å². The number of benzene rings is 4. The molecule has 4 aliphatic rings. The van der Waals surface area contributed by atoms with Crippen LogP contribution in [0.15, 0.2) is 91.0 Å². The van der Waals surface area contributed by atoms with Crippen molar-refractivity contribution in [1.82, 2.24) is 41.7 Å². The van der Waals surface area contributed by atoms with Crippen molar-refractivity contribution < 1.29 is 42.6 Å². The van der Waals surface area contributed by atoms with E-state index in [9.17, 15) is 33.2 Å². The number of nitrogens with one attached hydrogen (secondary N) is 6. The summed E-state index contributed by atoms with van der Waals surface area (Å²) in [5, 5.41) is 19.0. The summed E-state index contributed by atoms with van der Waals surface area (Å²) in [4.78, 5) is 82.8. The molecule has 4 aromatic rings. The predicted octanol–water partition coefficient (Wildman–Crippen LogP) is 5.63. The number of hydrogen-bond donors (Lipinski definition) is 6. The zero-order valence-electron chi connectivity index (χ0n) is 45.9. The molecule has 2 saturated carbocycles. The van der Waals surface area contributed by atoms with Gasteiger partial charge in [0, 0.05) is 58.1 Å². The number of hydrogen-bond acceptors (Lipinski definition) is 10. The zero-order valence-corrected chi connectivity index (χ0v) is 46.6. The Labute approximate surface area is 463 Å². The van der Waals surface area contributed by atoms with Gasteiger partial charge < -0.3 is 51.2 Å². The van der Waals surface area contributed by atoms with Crippen LogP contribution >= 0.6 is 11.6 Å². The van der Waals surface area contributed by atoms with E-state index in [4.69, 9.17) is 21.1 Å². The van der Waals surface area contributed by atoms with E-state index in [2.05, 4.69) is 31.9 Å². The molecule has 2 aliphatic carbocycles. The van der Waals surface area contributed by atoms with Crippen molar-refractivity contribution >= 4 is 47.0 Å². The lowest BCUT2D eigenvalue weighted by Gasteiger charge is -2.31. The van der Waals surface area contributed by atoms with Gasteiger partial charge in [0.05, 0.1) is 12.1 Å². The van der Waals surface area contributed by atoms with Crippen LogP contribution in [0.25, 0.3) is 0 Å². The average molecular weight is 1090 g/mol. The van der Waals surface area contributed by atoms with E-state index in [0.717, 1.165) is 66.5 Å². The highest BCUT2D eigenvalue weighted by Crippen LogP contribution is 2.35. The summed E-state index contributed by atoms with van der Waals surface area (Å²) >= 11 is 6.21. The quantitative estimate of drug-likeness (QED) is 0.141. The number of aryl methyl sites for hydroxylation is 3. The molecule has 0 unspecified atom stereocenters. The van der Waals surface area contributed by atoms with Gasteiger partial charge in [0.1, 0.15) is 54.2 Å². The molecule has 0 radical (unpaired) electrons. The SMILES string of the molecule is C[C@@H]1C(=O)N[C@H](Cc2ccc(F)cc2)C(=O)NCCCc2ccc(Cl)cc2OCCN[C@@H](C2CC2)C(=O)N1C.Cc1ccc(C[C@H]2NC(=O)[C@@H](C)N(C)C(=O)[C@H](C3CC3)NC[C@@H](C)Oc3ccccc3CCCNC2=O)cc1. The van der Waals surface area contributed by atoms with Crippen LogP contribution in [-0.4, -0.2) is 134 Å². The van der Waals surface area contributed by atoms with Crippen LogP contribution < -0.4 is 41.4 Å². The van der Waals surface area contributed by atoms with E-state index in [-0.39, 0.29) is 65.8 Å². The summed E-state index contributed by atoms with van der Waals surface area (Å²) in [5.41, 5.74) is 4.83. The minimum atomic E-state index is -0.889. The van der Waals surface area contributed by atoms with Gasteiger partial charge in [-0.2, -0.15) is 0 Å². The van der Waals surface area contributed by atoms with E-state index in [0.29, 0.717) is 68.4 Å². The maximum atomic E-state index is 13.5. The van der Waals surface area contributed by atoms with Crippen molar-refractivity contribution in [2.45, 2.75) is 134 Å². The lowest BCUT2D eigenvalue weighted by molar-refractivity contribution is -0.141. The summed E-state index contributed by atoms with van der Waals surface area (Å²) in [7, 11) is 3.26. The minimum Gasteiger partial charge on any atom is -0.492 e. The monoisotopic (exact) mass is 1090 g/mol. The number of para-hydroxylation sites is 1. The number of carbonyl (C=O) groups excluding carboxylic acids is 6. The van der Waals surface area contributed by atoms with Gasteiger partial charge in [0.2, 0.25) is 35.4 Å². The smallest absolute Gasteiger partial charge is 0.243 e. The van der Waals surface area contributed by atoms with Crippen molar-refractivity contribution in [1.29, 1.82) is 0 Å². The summed E-state index contributed by atoms with van der Waals surface area (Å²) in [6.07, 6.45) is 7.03. The predicted molar refractivity (Wildman–Crippen MR) is 298 cm³/mol. The molecule has 0 aromatic heterocycles. The first-order chi connectivity index (χ1) is 37.4. The van der Waals surface area contributed by atoms with Gasteiger partial charge in [-0.1, -0.05) is 77.8 Å². The number of rotatable bonds is 6. The van der Waals surface area contributed by atoms with Crippen LogP contribution in [0.4, 0.5) is 4.39 Å². The Morgan fingerprint density at radius 1 is 0.603 bits per heavy atom. The van der Waals surface area contributed by atoms with E-state index in [1.807, 2.05) is 68.4 Å². The number of nitrogens with zero attached hydrogens (tertiary/aromatic N) is 2. The van der Waals surface area contributed by atoms with Gasteiger partial charge in [-0.25, -0.2) is 4.39 Å². The van der Waals surface area contributed by atoms with Crippen LogP contribution in [0.1, 0.15) is 87.1 Å². The summed E-state index contributed by atoms with van der Waals surface area (Å²) in [6.45, 7) is 9.54. The van der Waals surface area contributed by atoms with E-state index < -0.39 is 36.1 Å². The summed E-state index contributed by atoms with van der Waals surface area (Å²) in [5.74, 6) is -0.0751. The largest absolute Gasteiger partial charge is 0.492 e. The zero-order chi connectivity index (χ0) is 55.9. The van der Waals surface area contributed by atoms with Gasteiger partial charge in [-0.15, -0.1) is 0 Å². The maximum Gasteiger partial charge on any atom is 0.243 e. The Balaban J connectivity index is 0.000000226. The Bertz CT molecular complexity index is 2690. The molecule has 18 heteroatoms. The van der Waals surface area contributed by atoms with E-state index in [1.165, 1.54) is 21.9 Å². The lowest BCUT2D eigenvalue weighted by atomic mass is 10.0. The maximum absolute atomic E-state index is 13.5. The molecule has 6 N–H and O–H groups in total. The fourth-order valence-corrected chi connectivity index (χ4v) is 9.77. The standard InChI is InChI=1S/C31H42N4O4.C29H36ClFN4O4/c1-20-11-13-23(14-12-20)18-26-30(37)32-17-7-9-24-8-5-6-10-27(24)39-21(2)19-33-28(25-15-16-25)31(38)35(4)22(3)29(36)34-26;1-18-27(36)34-24(16-19-5-11-23(31)12-6-19)28(37)33-13-3-4-20-9-10-22(30)17-25(20)39-15-14-32-26(21-7-8-21)29(38)35(18)2/h5-6,8,10-14,21-22,25-26,28,33H,7,9,15-19H2,1-4H3,(H,32,37)(H,34,36);5-6,9-12,17-18,21,24,26,32H,3-4,7-8,13-16H2,1-2H3,(H,33,37)(H,34,36)/t21-,22-,26-,28+;18-,24-,26+/m11/s1. The molecule has 420 valence electrons. The Hall–Kier alpha value is -6.56. The van der Waals surface area contributed by atoms with Crippen molar-refractivity contribution in [3.8, 4) is 11.5 Å². The van der Waals surface area contributed by atoms with Gasteiger partial charge in [0.15, 0.2) is 0 Å². The molecule has 8 rings (SSSR count). The second-order valence-corrected chi connectivity index (χ2v) is 21.7. The highest BCUT2D eigenvalue weighted by molar-refractivity contribution is 6.30. The van der Waals surface area contributed by atoms with Crippen LogP contribution in [-0.2, 0) is 54.5 Å². The second kappa shape index (κ2) is 28.4.